The largest absolute Gasteiger partial charge is 0.433 e. The topological polar surface area (TPSA) is 45.2 Å². The van der Waals surface area contributed by atoms with E-state index in [0.29, 0.717) is 5.69 Å². The lowest BCUT2D eigenvalue weighted by molar-refractivity contribution is -0.141. The Morgan fingerprint density at radius 1 is 1.18 bits per heavy atom. The van der Waals surface area contributed by atoms with Crippen molar-refractivity contribution in [2.24, 2.45) is 0 Å². The van der Waals surface area contributed by atoms with E-state index in [0.717, 1.165) is 18.1 Å². The van der Waals surface area contributed by atoms with Gasteiger partial charge in [0.1, 0.15) is 11.5 Å². The summed E-state index contributed by atoms with van der Waals surface area (Å²) in [5, 5.41) is 2.71. The fourth-order valence-corrected chi connectivity index (χ4v) is 3.65. The molecule has 1 aromatic carbocycles. The molecule has 9 heteroatoms. The zero-order valence-corrected chi connectivity index (χ0v) is 19.3. The molecule has 0 radical (unpaired) electrons. The molecule has 1 aromatic heterocycles. The number of aryl methyl sites for hydroxylation is 2. The third kappa shape index (κ3) is 6.88. The van der Waals surface area contributed by atoms with Crippen molar-refractivity contribution in [3.05, 3.63) is 52.7 Å². The third-order valence-electron chi connectivity index (χ3n) is 5.33. The summed E-state index contributed by atoms with van der Waals surface area (Å²) < 4.78 is 67.8. The van der Waals surface area contributed by atoms with Gasteiger partial charge in [0.05, 0.1) is 5.56 Å². The fourth-order valence-electron chi connectivity index (χ4n) is 3.65. The first-order valence-electron chi connectivity index (χ1n) is 11.1. The van der Waals surface area contributed by atoms with E-state index in [1.807, 2.05) is 26.8 Å². The maximum absolute atomic E-state index is 13.8. The van der Waals surface area contributed by atoms with Crippen molar-refractivity contribution < 1.29 is 28.2 Å². The van der Waals surface area contributed by atoms with Gasteiger partial charge in [-0.25, -0.2) is 13.8 Å². The van der Waals surface area contributed by atoms with Gasteiger partial charge in [0.15, 0.2) is 0 Å². The Balaban J connectivity index is 0.00000188. The molecule has 33 heavy (non-hydrogen) atoms. The average molecular weight is 474 g/mol. The molecule has 1 fully saturated rings. The Labute approximate surface area is 192 Å². The molecule has 3 rings (SSSR count). The van der Waals surface area contributed by atoms with Gasteiger partial charge in [-0.05, 0) is 49.1 Å². The molecule has 0 saturated carbocycles. The molecular formula is C24H32F5N3O. The SMILES string of the molecule is CC.CCc1cccc(NC(=O)c2c(C)cc(C(F)(F)F)nc2N2CCCC(F)(F)CC2)c1.[HH]. The number of amides is 1. The van der Waals surface area contributed by atoms with Crippen LogP contribution in [0.1, 0.15) is 68.6 Å². The highest BCUT2D eigenvalue weighted by Crippen LogP contribution is 2.35. The molecule has 1 N–H and O–H groups in total. The van der Waals surface area contributed by atoms with Crippen molar-refractivity contribution in [3.8, 4) is 0 Å². The number of nitrogens with zero attached hydrogens (tertiary/aromatic N) is 2. The minimum Gasteiger partial charge on any atom is -0.356 e. The van der Waals surface area contributed by atoms with E-state index >= 15 is 0 Å². The lowest BCUT2D eigenvalue weighted by Crippen LogP contribution is -2.31. The zero-order valence-electron chi connectivity index (χ0n) is 19.3. The van der Waals surface area contributed by atoms with Gasteiger partial charge < -0.3 is 10.2 Å². The lowest BCUT2D eigenvalue weighted by atomic mass is 10.1. The molecule has 0 atom stereocenters. The summed E-state index contributed by atoms with van der Waals surface area (Å²) in [5.74, 6) is -3.73. The second-order valence-electron chi connectivity index (χ2n) is 7.73. The number of alkyl halides is 5. The first kappa shape index (κ1) is 26.5. The van der Waals surface area contributed by atoms with Crippen LogP contribution >= 0.6 is 0 Å². The predicted molar refractivity (Wildman–Crippen MR) is 122 cm³/mol. The van der Waals surface area contributed by atoms with E-state index in [1.165, 1.54) is 11.8 Å². The van der Waals surface area contributed by atoms with Gasteiger partial charge in [-0.1, -0.05) is 32.9 Å². The molecule has 2 heterocycles. The standard InChI is InChI=1S/C22H24F5N3O.C2H6.H2/c1-3-15-6-4-7-16(13-15)28-20(31)18-14(2)12-17(22(25,26)27)29-19(18)30-10-5-8-21(23,24)9-11-30;1-2;/h4,6-7,12-13H,3,5,8-11H2,1-2H3,(H,28,31);1-2H3;1H. The molecule has 0 spiro atoms. The van der Waals surface area contributed by atoms with Gasteiger partial charge in [-0.2, -0.15) is 13.2 Å². The smallest absolute Gasteiger partial charge is 0.356 e. The summed E-state index contributed by atoms with van der Waals surface area (Å²) in [6.07, 6.45) is -4.75. The Morgan fingerprint density at radius 2 is 1.88 bits per heavy atom. The minimum absolute atomic E-state index is 0. The van der Waals surface area contributed by atoms with Crippen LogP contribution < -0.4 is 10.2 Å². The number of carbonyl (C=O) groups excluding carboxylic acids is 1. The number of halogens is 5. The Morgan fingerprint density at radius 3 is 2.52 bits per heavy atom. The van der Waals surface area contributed by atoms with Crippen molar-refractivity contribution in [2.45, 2.75) is 65.5 Å². The van der Waals surface area contributed by atoms with Gasteiger partial charge in [-0.3, -0.25) is 4.79 Å². The summed E-state index contributed by atoms with van der Waals surface area (Å²) in [5.41, 5.74) is 0.366. The molecule has 184 valence electrons. The van der Waals surface area contributed by atoms with Crippen molar-refractivity contribution >= 4 is 17.4 Å². The first-order chi connectivity index (χ1) is 15.5. The number of anilines is 2. The van der Waals surface area contributed by atoms with Crippen LogP contribution in [0.25, 0.3) is 0 Å². The van der Waals surface area contributed by atoms with Crippen molar-refractivity contribution in [2.75, 3.05) is 23.3 Å². The molecule has 1 aliphatic heterocycles. The van der Waals surface area contributed by atoms with Crippen LogP contribution in [0, 0.1) is 6.92 Å². The van der Waals surface area contributed by atoms with E-state index < -0.39 is 30.1 Å². The molecule has 1 aliphatic rings. The van der Waals surface area contributed by atoms with E-state index in [9.17, 15) is 26.7 Å². The number of carbonyl (C=O) groups is 1. The normalized spacial score (nSPS) is 15.8. The number of hydrogen-bond donors (Lipinski definition) is 1. The van der Waals surface area contributed by atoms with E-state index in [-0.39, 0.29) is 44.3 Å². The molecule has 1 saturated heterocycles. The number of aromatic nitrogens is 1. The highest BCUT2D eigenvalue weighted by Gasteiger charge is 2.37. The summed E-state index contributed by atoms with van der Waals surface area (Å²) in [6, 6.07) is 7.92. The Kier molecular flexibility index (Phi) is 8.80. The van der Waals surface area contributed by atoms with Crippen LogP contribution in [0.2, 0.25) is 0 Å². The lowest BCUT2D eigenvalue weighted by Gasteiger charge is -2.26. The van der Waals surface area contributed by atoms with Crippen LogP contribution in [0.3, 0.4) is 0 Å². The number of benzene rings is 1. The molecule has 0 aliphatic carbocycles. The number of hydrogen-bond acceptors (Lipinski definition) is 3. The van der Waals surface area contributed by atoms with Crippen LogP contribution in [-0.2, 0) is 12.6 Å². The summed E-state index contributed by atoms with van der Waals surface area (Å²) in [4.78, 5) is 18.1. The van der Waals surface area contributed by atoms with Crippen molar-refractivity contribution in [1.82, 2.24) is 4.98 Å². The molecular weight excluding hydrogens is 441 g/mol. The molecule has 0 unspecified atom stereocenters. The van der Waals surface area contributed by atoms with Crippen molar-refractivity contribution in [1.29, 1.82) is 0 Å². The summed E-state index contributed by atoms with van der Waals surface area (Å²) in [6.45, 7) is 7.25. The van der Waals surface area contributed by atoms with Gasteiger partial charge in [0.25, 0.3) is 5.91 Å². The number of pyridine rings is 1. The molecule has 2 aromatic rings. The second kappa shape index (κ2) is 10.9. The van der Waals surface area contributed by atoms with Crippen LogP contribution in [0.4, 0.5) is 33.5 Å². The van der Waals surface area contributed by atoms with Crippen LogP contribution in [-0.4, -0.2) is 29.9 Å². The molecule has 0 bridgehead atoms. The van der Waals surface area contributed by atoms with Crippen LogP contribution in [0.5, 0.6) is 0 Å². The summed E-state index contributed by atoms with van der Waals surface area (Å²) >= 11 is 0. The predicted octanol–water partition coefficient (Wildman–Crippen LogP) is 7.12. The maximum Gasteiger partial charge on any atom is 0.433 e. The van der Waals surface area contributed by atoms with E-state index in [2.05, 4.69) is 10.3 Å². The summed E-state index contributed by atoms with van der Waals surface area (Å²) in [7, 11) is 0. The monoisotopic (exact) mass is 473 g/mol. The third-order valence-corrected chi connectivity index (χ3v) is 5.33. The van der Waals surface area contributed by atoms with Crippen molar-refractivity contribution in [3.63, 3.8) is 0 Å². The van der Waals surface area contributed by atoms with E-state index in [1.54, 1.807) is 18.2 Å². The quantitative estimate of drug-likeness (QED) is 0.481. The molecule has 4 nitrogen and oxygen atoms in total. The maximum atomic E-state index is 13.8. The van der Waals surface area contributed by atoms with Gasteiger partial charge >= 0.3 is 6.18 Å². The van der Waals surface area contributed by atoms with Gasteiger partial charge in [0.2, 0.25) is 5.92 Å². The highest BCUT2D eigenvalue weighted by molar-refractivity contribution is 6.08. The molecule has 1 amide bonds. The zero-order chi connectivity index (χ0) is 24.8. The number of rotatable bonds is 4. The number of nitrogens with one attached hydrogen (secondary N) is 1. The Hall–Kier alpha value is -2.71. The average Bonchev–Trinajstić information content (AvgIpc) is 2.94. The van der Waals surface area contributed by atoms with E-state index in [4.69, 9.17) is 0 Å². The van der Waals surface area contributed by atoms with Crippen LogP contribution in [0.15, 0.2) is 30.3 Å². The van der Waals surface area contributed by atoms with Gasteiger partial charge in [-0.15, -0.1) is 0 Å². The minimum atomic E-state index is -4.72. The fraction of sp³-hybridized carbons (Fsp3) is 0.500. The highest BCUT2D eigenvalue weighted by atomic mass is 19.4. The Bertz CT molecular complexity index is 966. The second-order valence-corrected chi connectivity index (χ2v) is 7.73. The first-order valence-corrected chi connectivity index (χ1v) is 11.1. The van der Waals surface area contributed by atoms with Gasteiger partial charge in [0, 0.05) is 33.0 Å².